The number of fused-ring (bicyclic) bond motifs is 1. The molecule has 2 aromatic rings. The first-order valence-electron chi connectivity index (χ1n) is 6.92. The molecule has 0 atom stereocenters. The van der Waals surface area contributed by atoms with Crippen molar-refractivity contribution in [1.82, 2.24) is 19.5 Å². The van der Waals surface area contributed by atoms with E-state index in [-0.39, 0.29) is 18.1 Å². The number of nitrogens with zero attached hydrogens (tertiary/aromatic N) is 4. The van der Waals surface area contributed by atoms with Crippen LogP contribution in [0, 0.1) is 0 Å². The summed E-state index contributed by atoms with van der Waals surface area (Å²) in [5.74, 6) is -0.850. The van der Waals surface area contributed by atoms with Crippen LogP contribution in [-0.2, 0) is 11.3 Å². The molecule has 0 amide bonds. The number of hydrogen-bond acceptors (Lipinski definition) is 6. The second-order valence-electron chi connectivity index (χ2n) is 5.26. The minimum atomic E-state index is -0.850. The number of rotatable bonds is 5. The van der Waals surface area contributed by atoms with Crippen LogP contribution in [0.1, 0.15) is 31.4 Å². The Bertz CT molecular complexity index is 705. The van der Waals surface area contributed by atoms with E-state index < -0.39 is 5.97 Å². The molecule has 1 aliphatic carbocycles. The van der Waals surface area contributed by atoms with E-state index in [1.807, 2.05) is 4.90 Å². The molecule has 1 aliphatic rings. The third-order valence-electron chi connectivity index (χ3n) is 3.78. The van der Waals surface area contributed by atoms with Crippen molar-refractivity contribution in [2.24, 2.45) is 0 Å². The van der Waals surface area contributed by atoms with E-state index in [0.717, 1.165) is 25.7 Å². The van der Waals surface area contributed by atoms with Gasteiger partial charge in [-0.1, -0.05) is 24.2 Å². The maximum atomic E-state index is 11.9. The number of carboxylic acids is 1. The van der Waals surface area contributed by atoms with E-state index in [1.54, 1.807) is 5.51 Å². The zero-order valence-corrected chi connectivity index (χ0v) is 12.3. The molecule has 1 saturated carbocycles. The van der Waals surface area contributed by atoms with Gasteiger partial charge in [0.1, 0.15) is 5.51 Å². The van der Waals surface area contributed by atoms with Crippen LogP contribution < -0.4 is 5.56 Å². The second kappa shape index (κ2) is 5.90. The van der Waals surface area contributed by atoms with Crippen LogP contribution in [0.5, 0.6) is 0 Å². The van der Waals surface area contributed by atoms with Crippen molar-refractivity contribution in [2.45, 2.75) is 38.3 Å². The highest BCUT2D eigenvalue weighted by Gasteiger charge is 2.25. The van der Waals surface area contributed by atoms with Crippen LogP contribution in [0.4, 0.5) is 0 Å². The van der Waals surface area contributed by atoms with E-state index >= 15 is 0 Å². The average Bonchev–Trinajstić information content (AvgIpc) is 3.08. The number of aliphatic carboxylic acids is 1. The molecule has 8 heteroatoms. The zero-order chi connectivity index (χ0) is 14.8. The van der Waals surface area contributed by atoms with Crippen molar-refractivity contribution >= 4 is 22.3 Å². The number of hydrogen-bond donors (Lipinski definition) is 1. The van der Waals surface area contributed by atoms with Crippen molar-refractivity contribution in [3.63, 3.8) is 0 Å². The fourth-order valence-corrected chi connectivity index (χ4v) is 3.49. The Morgan fingerprint density at radius 1 is 1.48 bits per heavy atom. The first kappa shape index (κ1) is 14.2. The molecule has 112 valence electrons. The highest BCUT2D eigenvalue weighted by Crippen LogP contribution is 2.24. The van der Waals surface area contributed by atoms with Crippen LogP contribution in [-0.4, -0.2) is 43.2 Å². The molecule has 0 bridgehead atoms. The number of aromatic nitrogens is 3. The van der Waals surface area contributed by atoms with Gasteiger partial charge in [0, 0.05) is 18.7 Å². The molecule has 0 aliphatic heterocycles. The summed E-state index contributed by atoms with van der Waals surface area (Å²) in [6.07, 6.45) is 4.28. The van der Waals surface area contributed by atoms with Crippen LogP contribution in [0.15, 0.2) is 16.4 Å². The van der Waals surface area contributed by atoms with Gasteiger partial charge in [-0.3, -0.25) is 14.5 Å². The van der Waals surface area contributed by atoms with Gasteiger partial charge in [-0.2, -0.15) is 9.61 Å². The van der Waals surface area contributed by atoms with Gasteiger partial charge in [-0.25, -0.2) is 4.98 Å². The zero-order valence-electron chi connectivity index (χ0n) is 11.4. The van der Waals surface area contributed by atoms with Gasteiger partial charge in [0.05, 0.1) is 12.2 Å². The normalized spacial score (nSPS) is 16.0. The van der Waals surface area contributed by atoms with Gasteiger partial charge >= 0.3 is 5.97 Å². The summed E-state index contributed by atoms with van der Waals surface area (Å²) < 4.78 is 1.26. The van der Waals surface area contributed by atoms with Gasteiger partial charge in [0.25, 0.3) is 5.56 Å². The lowest BCUT2D eigenvalue weighted by atomic mass is 10.2. The molecule has 0 aromatic carbocycles. The smallest absolute Gasteiger partial charge is 0.317 e. The van der Waals surface area contributed by atoms with Gasteiger partial charge < -0.3 is 5.11 Å². The Hall–Kier alpha value is -1.80. The molecule has 1 fully saturated rings. The SMILES string of the molecule is O=C(O)CN(Cc1cc(=O)n2ncsc2n1)C1CCCC1. The summed E-state index contributed by atoms with van der Waals surface area (Å²) in [4.78, 5) is 29.8. The van der Waals surface area contributed by atoms with Gasteiger partial charge in [0.15, 0.2) is 0 Å². The van der Waals surface area contributed by atoms with Gasteiger partial charge in [-0.05, 0) is 12.8 Å². The van der Waals surface area contributed by atoms with E-state index in [2.05, 4.69) is 10.1 Å². The van der Waals surface area contributed by atoms with Crippen molar-refractivity contribution < 1.29 is 9.90 Å². The second-order valence-corrected chi connectivity index (χ2v) is 6.07. The van der Waals surface area contributed by atoms with E-state index in [0.29, 0.717) is 17.2 Å². The Kier molecular flexibility index (Phi) is 3.98. The molecule has 0 spiro atoms. The fraction of sp³-hybridized carbons (Fsp3) is 0.538. The first-order valence-corrected chi connectivity index (χ1v) is 7.80. The average molecular weight is 308 g/mol. The lowest BCUT2D eigenvalue weighted by Crippen LogP contribution is -2.37. The largest absolute Gasteiger partial charge is 0.480 e. The molecule has 3 rings (SSSR count). The van der Waals surface area contributed by atoms with E-state index in [9.17, 15) is 9.59 Å². The predicted octanol–water partition coefficient (Wildman–Crippen LogP) is 0.980. The monoisotopic (exact) mass is 308 g/mol. The maximum Gasteiger partial charge on any atom is 0.317 e. The highest BCUT2D eigenvalue weighted by molar-refractivity contribution is 7.14. The summed E-state index contributed by atoms with van der Waals surface area (Å²) in [6, 6.07) is 1.71. The highest BCUT2D eigenvalue weighted by atomic mass is 32.1. The molecule has 1 N–H and O–H groups in total. The Balaban J connectivity index is 1.85. The van der Waals surface area contributed by atoms with E-state index in [1.165, 1.54) is 21.9 Å². The molecule has 2 heterocycles. The van der Waals surface area contributed by atoms with Crippen molar-refractivity contribution in [2.75, 3.05) is 6.54 Å². The maximum absolute atomic E-state index is 11.9. The molecule has 2 aromatic heterocycles. The van der Waals surface area contributed by atoms with Crippen LogP contribution >= 0.6 is 11.3 Å². The lowest BCUT2D eigenvalue weighted by Gasteiger charge is -2.26. The summed E-state index contributed by atoms with van der Waals surface area (Å²) in [6.45, 7) is 0.370. The molecule has 0 saturated heterocycles. The van der Waals surface area contributed by atoms with Crippen LogP contribution in [0.2, 0.25) is 0 Å². The van der Waals surface area contributed by atoms with E-state index in [4.69, 9.17) is 5.11 Å². The quantitative estimate of drug-likeness (QED) is 0.886. The lowest BCUT2D eigenvalue weighted by molar-refractivity contribution is -0.139. The molecular weight excluding hydrogens is 292 g/mol. The van der Waals surface area contributed by atoms with Gasteiger partial charge in [-0.15, -0.1) is 0 Å². The third kappa shape index (κ3) is 3.11. The number of carbonyl (C=O) groups is 1. The molecular formula is C13H16N4O3S. The van der Waals surface area contributed by atoms with Crippen molar-refractivity contribution in [3.8, 4) is 0 Å². The minimum Gasteiger partial charge on any atom is -0.480 e. The van der Waals surface area contributed by atoms with Gasteiger partial charge in [0.2, 0.25) is 4.96 Å². The summed E-state index contributed by atoms with van der Waals surface area (Å²) >= 11 is 1.29. The Morgan fingerprint density at radius 3 is 2.95 bits per heavy atom. The van der Waals surface area contributed by atoms with Crippen LogP contribution in [0.3, 0.4) is 0 Å². The fourth-order valence-electron chi connectivity index (χ4n) is 2.85. The molecule has 0 unspecified atom stereocenters. The summed E-state index contributed by atoms with van der Waals surface area (Å²) in [5, 5.41) is 13.0. The molecule has 7 nitrogen and oxygen atoms in total. The standard InChI is InChI=1S/C13H16N4O3S/c18-11-5-9(15-13-17(11)14-8-21-13)6-16(7-12(19)20)10-3-1-2-4-10/h5,8,10H,1-4,6-7H2,(H,19,20). The van der Waals surface area contributed by atoms with Crippen molar-refractivity contribution in [3.05, 3.63) is 27.6 Å². The first-order chi connectivity index (χ1) is 10.1. The topological polar surface area (TPSA) is 87.8 Å². The number of carboxylic acid groups (broad SMARTS) is 1. The third-order valence-corrected chi connectivity index (χ3v) is 4.46. The Morgan fingerprint density at radius 2 is 2.24 bits per heavy atom. The summed E-state index contributed by atoms with van der Waals surface area (Å²) in [7, 11) is 0. The Labute approximate surface area is 124 Å². The molecule has 0 radical (unpaired) electrons. The predicted molar refractivity (Wildman–Crippen MR) is 77.4 cm³/mol. The minimum absolute atomic E-state index is 0.0194. The summed E-state index contributed by atoms with van der Waals surface area (Å²) in [5.41, 5.74) is 1.95. The molecule has 21 heavy (non-hydrogen) atoms. The van der Waals surface area contributed by atoms with Crippen molar-refractivity contribution in [1.29, 1.82) is 0 Å². The van der Waals surface area contributed by atoms with Crippen LogP contribution in [0.25, 0.3) is 4.96 Å².